The van der Waals surface area contributed by atoms with Crippen molar-refractivity contribution in [1.29, 1.82) is 0 Å². The number of aromatic nitrogens is 1. The molecule has 8 heteroatoms. The molecule has 122 valence electrons. The SMILES string of the molecule is Cc1cccnc1NC(=S)NC(=O)c1sc2cc(Cl)ccc2c1Cl. The molecule has 0 atom stereocenters. The predicted molar refractivity (Wildman–Crippen MR) is 105 cm³/mol. The number of rotatable bonds is 2. The largest absolute Gasteiger partial charge is 0.317 e. The Morgan fingerprint density at radius 3 is 2.83 bits per heavy atom. The molecule has 1 aromatic carbocycles. The van der Waals surface area contributed by atoms with Crippen molar-refractivity contribution in [2.24, 2.45) is 0 Å². The minimum Gasteiger partial charge on any atom is -0.317 e. The summed E-state index contributed by atoms with van der Waals surface area (Å²) >= 11 is 18.7. The zero-order valence-electron chi connectivity index (χ0n) is 12.4. The second kappa shape index (κ2) is 7.03. The van der Waals surface area contributed by atoms with Crippen LogP contribution in [-0.4, -0.2) is 16.0 Å². The van der Waals surface area contributed by atoms with Crippen molar-refractivity contribution in [3.05, 3.63) is 57.0 Å². The molecule has 0 fully saturated rings. The van der Waals surface area contributed by atoms with E-state index in [1.165, 1.54) is 11.3 Å². The molecule has 0 spiro atoms. The Balaban J connectivity index is 1.79. The molecule has 0 unspecified atom stereocenters. The van der Waals surface area contributed by atoms with E-state index in [1.54, 1.807) is 24.4 Å². The molecule has 0 bridgehead atoms. The number of aryl methyl sites for hydroxylation is 1. The van der Waals surface area contributed by atoms with Crippen molar-refractivity contribution >= 4 is 73.7 Å². The molecule has 2 heterocycles. The highest BCUT2D eigenvalue weighted by Gasteiger charge is 2.18. The highest BCUT2D eigenvalue weighted by Crippen LogP contribution is 2.36. The van der Waals surface area contributed by atoms with Gasteiger partial charge in [0.2, 0.25) is 0 Å². The van der Waals surface area contributed by atoms with E-state index in [9.17, 15) is 4.79 Å². The number of nitrogens with one attached hydrogen (secondary N) is 2. The Hall–Kier alpha value is -1.73. The minimum absolute atomic E-state index is 0.161. The van der Waals surface area contributed by atoms with Crippen LogP contribution in [0.3, 0.4) is 0 Å². The maximum Gasteiger partial charge on any atom is 0.269 e. The van der Waals surface area contributed by atoms with E-state index in [-0.39, 0.29) is 11.0 Å². The van der Waals surface area contributed by atoms with E-state index >= 15 is 0 Å². The van der Waals surface area contributed by atoms with Crippen LogP contribution in [0.2, 0.25) is 10.0 Å². The van der Waals surface area contributed by atoms with Gasteiger partial charge in [-0.2, -0.15) is 0 Å². The van der Waals surface area contributed by atoms with Gasteiger partial charge in [-0.25, -0.2) is 4.98 Å². The minimum atomic E-state index is -0.372. The lowest BCUT2D eigenvalue weighted by molar-refractivity contribution is 0.0982. The number of fused-ring (bicyclic) bond motifs is 1. The van der Waals surface area contributed by atoms with Gasteiger partial charge in [0.25, 0.3) is 5.91 Å². The molecule has 3 rings (SSSR count). The van der Waals surface area contributed by atoms with Crippen LogP contribution >= 0.6 is 46.8 Å². The van der Waals surface area contributed by atoms with Crippen LogP contribution in [0.25, 0.3) is 10.1 Å². The van der Waals surface area contributed by atoms with E-state index < -0.39 is 0 Å². The van der Waals surface area contributed by atoms with E-state index in [2.05, 4.69) is 15.6 Å². The molecule has 2 N–H and O–H groups in total. The van der Waals surface area contributed by atoms with Gasteiger partial charge in [0.15, 0.2) is 5.11 Å². The quantitative estimate of drug-likeness (QED) is 0.596. The van der Waals surface area contributed by atoms with Gasteiger partial charge in [-0.05, 0) is 42.9 Å². The van der Waals surface area contributed by atoms with E-state index in [0.717, 1.165) is 15.6 Å². The zero-order chi connectivity index (χ0) is 17.3. The van der Waals surface area contributed by atoms with Crippen LogP contribution in [0.4, 0.5) is 5.82 Å². The smallest absolute Gasteiger partial charge is 0.269 e. The molecule has 0 aliphatic rings. The Kier molecular flexibility index (Phi) is 5.01. The lowest BCUT2D eigenvalue weighted by Gasteiger charge is -2.10. The molecule has 24 heavy (non-hydrogen) atoms. The number of thiocarbonyl (C=S) groups is 1. The first-order valence-electron chi connectivity index (χ1n) is 6.87. The summed E-state index contributed by atoms with van der Waals surface area (Å²) in [4.78, 5) is 17.0. The molecule has 2 aromatic heterocycles. The van der Waals surface area contributed by atoms with Crippen LogP contribution in [0.1, 0.15) is 15.2 Å². The number of benzene rings is 1. The monoisotopic (exact) mass is 395 g/mol. The van der Waals surface area contributed by atoms with Crippen molar-refractivity contribution < 1.29 is 4.79 Å². The molecule has 1 amide bonds. The summed E-state index contributed by atoms with van der Waals surface area (Å²) in [5.41, 5.74) is 0.920. The molecule has 4 nitrogen and oxygen atoms in total. The van der Waals surface area contributed by atoms with Gasteiger partial charge in [0.05, 0.1) is 5.02 Å². The fraction of sp³-hybridized carbons (Fsp3) is 0.0625. The first kappa shape index (κ1) is 17.1. The Morgan fingerprint density at radius 2 is 2.08 bits per heavy atom. The van der Waals surface area contributed by atoms with Crippen LogP contribution < -0.4 is 10.6 Å². The molecular formula is C16H11Cl2N3OS2. The first-order valence-corrected chi connectivity index (χ1v) is 8.85. The summed E-state index contributed by atoms with van der Waals surface area (Å²) in [6.07, 6.45) is 1.65. The number of hydrogen-bond acceptors (Lipinski definition) is 4. The topological polar surface area (TPSA) is 54.0 Å². The third kappa shape index (κ3) is 3.52. The highest BCUT2D eigenvalue weighted by molar-refractivity contribution is 7.80. The van der Waals surface area contributed by atoms with Gasteiger partial charge in [-0.15, -0.1) is 11.3 Å². The predicted octanol–water partition coefficient (Wildman–Crippen LogP) is 5.04. The maximum absolute atomic E-state index is 12.4. The lowest BCUT2D eigenvalue weighted by atomic mass is 10.2. The van der Waals surface area contributed by atoms with Gasteiger partial charge >= 0.3 is 0 Å². The number of pyridine rings is 1. The lowest BCUT2D eigenvalue weighted by Crippen LogP contribution is -2.34. The second-order valence-corrected chi connectivity index (χ2v) is 7.24. The van der Waals surface area contributed by atoms with Crippen molar-refractivity contribution in [3.8, 4) is 0 Å². The molecule has 0 radical (unpaired) electrons. The Labute approximate surface area is 157 Å². The van der Waals surface area contributed by atoms with E-state index in [4.69, 9.17) is 35.4 Å². The third-order valence-electron chi connectivity index (χ3n) is 3.27. The zero-order valence-corrected chi connectivity index (χ0v) is 15.5. The average molecular weight is 396 g/mol. The summed E-state index contributed by atoms with van der Waals surface area (Å²) in [5.74, 6) is 0.223. The molecule has 0 aliphatic carbocycles. The standard InChI is InChI=1S/C16H11Cl2N3OS2/c1-8-3-2-6-19-14(8)20-16(23)21-15(22)13-12(18)10-5-4-9(17)7-11(10)24-13/h2-7H,1H3,(H2,19,20,21,22,23). The summed E-state index contributed by atoms with van der Waals surface area (Å²) in [5, 5.41) is 7.46. The van der Waals surface area contributed by atoms with Gasteiger partial charge in [0.1, 0.15) is 10.7 Å². The van der Waals surface area contributed by atoms with Crippen LogP contribution in [0.5, 0.6) is 0 Å². The molecule has 0 aliphatic heterocycles. The number of anilines is 1. The summed E-state index contributed by atoms with van der Waals surface area (Å²) in [6.45, 7) is 1.90. The van der Waals surface area contributed by atoms with Crippen LogP contribution in [0.15, 0.2) is 36.5 Å². The number of carbonyl (C=O) groups excluding carboxylic acids is 1. The molecule has 0 saturated heterocycles. The number of carbonyl (C=O) groups is 1. The van der Waals surface area contributed by atoms with Crippen LogP contribution in [-0.2, 0) is 0 Å². The number of thiophene rings is 1. The van der Waals surface area contributed by atoms with Crippen molar-refractivity contribution in [2.45, 2.75) is 6.92 Å². The van der Waals surface area contributed by atoms with E-state index in [0.29, 0.717) is 20.7 Å². The Morgan fingerprint density at radius 1 is 1.29 bits per heavy atom. The van der Waals surface area contributed by atoms with Crippen molar-refractivity contribution in [3.63, 3.8) is 0 Å². The average Bonchev–Trinajstić information content (AvgIpc) is 2.86. The molecular weight excluding hydrogens is 385 g/mol. The van der Waals surface area contributed by atoms with Gasteiger partial charge in [0, 0.05) is 21.3 Å². The Bertz CT molecular complexity index is 956. The number of hydrogen-bond donors (Lipinski definition) is 2. The maximum atomic E-state index is 12.4. The van der Waals surface area contributed by atoms with Crippen molar-refractivity contribution in [1.82, 2.24) is 10.3 Å². The molecule has 3 aromatic rings. The van der Waals surface area contributed by atoms with Crippen molar-refractivity contribution in [2.75, 3.05) is 5.32 Å². The van der Waals surface area contributed by atoms with Crippen LogP contribution in [0, 0.1) is 6.92 Å². The molecule has 0 saturated carbocycles. The second-order valence-electron chi connectivity index (χ2n) is 4.96. The third-order valence-corrected chi connectivity index (χ3v) is 5.36. The fourth-order valence-electron chi connectivity index (χ4n) is 2.10. The number of amides is 1. The fourth-order valence-corrected chi connectivity index (χ4v) is 3.98. The first-order chi connectivity index (χ1) is 11.5. The summed E-state index contributed by atoms with van der Waals surface area (Å²) in [7, 11) is 0. The summed E-state index contributed by atoms with van der Waals surface area (Å²) in [6, 6.07) is 9.02. The number of nitrogens with zero attached hydrogens (tertiary/aromatic N) is 1. The van der Waals surface area contributed by atoms with Gasteiger partial charge in [-0.1, -0.05) is 35.3 Å². The van der Waals surface area contributed by atoms with Gasteiger partial charge < -0.3 is 5.32 Å². The van der Waals surface area contributed by atoms with Gasteiger partial charge in [-0.3, -0.25) is 10.1 Å². The van der Waals surface area contributed by atoms with E-state index in [1.807, 2.05) is 19.1 Å². The summed E-state index contributed by atoms with van der Waals surface area (Å²) < 4.78 is 0.845. The number of halogens is 2. The normalized spacial score (nSPS) is 10.6. The highest BCUT2D eigenvalue weighted by atomic mass is 35.5.